The lowest BCUT2D eigenvalue weighted by Gasteiger charge is -2.45. The van der Waals surface area contributed by atoms with Gasteiger partial charge < -0.3 is 5.32 Å². The summed E-state index contributed by atoms with van der Waals surface area (Å²) >= 11 is 0. The fraction of sp³-hybridized carbons (Fsp3) is 0.350. The Labute approximate surface area is 131 Å². The van der Waals surface area contributed by atoms with Crippen LogP contribution in [0.2, 0.25) is 0 Å². The Balaban J connectivity index is 1.73. The first-order valence-electron chi connectivity index (χ1n) is 8.24. The Hall–Kier alpha value is -1.93. The van der Waals surface area contributed by atoms with Crippen LogP contribution in [0.25, 0.3) is 0 Å². The number of piperidine rings is 1. The highest BCUT2D eigenvalue weighted by Gasteiger charge is 2.46. The minimum Gasteiger partial charge on any atom is -0.302 e. The summed E-state index contributed by atoms with van der Waals surface area (Å²) in [6.45, 7) is 0. The van der Waals surface area contributed by atoms with Gasteiger partial charge in [-0.1, -0.05) is 67.1 Å². The molecule has 2 fully saturated rings. The summed E-state index contributed by atoms with van der Waals surface area (Å²) < 4.78 is 0. The molecule has 2 unspecified atom stereocenters. The molecule has 2 bridgehead atoms. The Morgan fingerprint density at radius 2 is 1.18 bits per heavy atom. The number of nitrogens with one attached hydrogen (secondary N) is 1. The molecule has 22 heavy (non-hydrogen) atoms. The molecule has 2 heteroatoms. The van der Waals surface area contributed by atoms with Crippen LogP contribution in [0.3, 0.4) is 0 Å². The van der Waals surface area contributed by atoms with Crippen molar-refractivity contribution in [1.82, 2.24) is 5.32 Å². The predicted molar refractivity (Wildman–Crippen MR) is 87.3 cm³/mol. The van der Waals surface area contributed by atoms with Gasteiger partial charge in [0.05, 0.1) is 0 Å². The maximum atomic E-state index is 12.9. The molecule has 0 aromatic heterocycles. The fourth-order valence-corrected chi connectivity index (χ4v) is 4.18. The van der Waals surface area contributed by atoms with Gasteiger partial charge in [0.2, 0.25) is 0 Å². The third-order valence-electron chi connectivity index (χ3n) is 5.24. The molecular formula is C20H21NO. The van der Waals surface area contributed by atoms with Gasteiger partial charge in [0.25, 0.3) is 0 Å². The number of carbonyl (C=O) groups excluding carboxylic acids is 1. The Kier molecular flexibility index (Phi) is 3.55. The second kappa shape index (κ2) is 5.69. The number of fused-ring (bicyclic) bond motifs is 2. The van der Waals surface area contributed by atoms with Crippen LogP contribution in [-0.2, 0) is 4.79 Å². The SMILES string of the molecule is O=C1C2CCCC1[C@H](c1ccccc1)N[C@@H]2c1ccccc1. The monoisotopic (exact) mass is 291 g/mol. The molecule has 1 saturated carbocycles. The van der Waals surface area contributed by atoms with Crippen LogP contribution in [-0.4, -0.2) is 5.78 Å². The maximum absolute atomic E-state index is 12.9. The van der Waals surface area contributed by atoms with E-state index in [0.717, 1.165) is 19.3 Å². The van der Waals surface area contributed by atoms with Gasteiger partial charge in [0.1, 0.15) is 5.78 Å². The third-order valence-corrected chi connectivity index (χ3v) is 5.24. The summed E-state index contributed by atoms with van der Waals surface area (Å²) in [5, 5.41) is 3.80. The van der Waals surface area contributed by atoms with E-state index in [1.54, 1.807) is 0 Å². The molecule has 2 nitrogen and oxygen atoms in total. The van der Waals surface area contributed by atoms with Gasteiger partial charge in [-0.2, -0.15) is 0 Å². The van der Waals surface area contributed by atoms with E-state index in [2.05, 4.69) is 53.8 Å². The van der Waals surface area contributed by atoms with Crippen molar-refractivity contribution >= 4 is 5.78 Å². The fourth-order valence-electron chi connectivity index (χ4n) is 4.18. The van der Waals surface area contributed by atoms with Crippen LogP contribution < -0.4 is 5.32 Å². The topological polar surface area (TPSA) is 29.1 Å². The number of hydrogen-bond acceptors (Lipinski definition) is 2. The predicted octanol–water partition coefficient (Wildman–Crippen LogP) is 4.06. The van der Waals surface area contributed by atoms with Crippen molar-refractivity contribution in [1.29, 1.82) is 0 Å². The highest BCUT2D eigenvalue weighted by molar-refractivity contribution is 5.86. The van der Waals surface area contributed by atoms with Crippen LogP contribution in [0.4, 0.5) is 0 Å². The van der Waals surface area contributed by atoms with Gasteiger partial charge in [-0.3, -0.25) is 4.79 Å². The van der Waals surface area contributed by atoms with Gasteiger partial charge in [-0.25, -0.2) is 0 Å². The quantitative estimate of drug-likeness (QED) is 0.904. The van der Waals surface area contributed by atoms with Gasteiger partial charge >= 0.3 is 0 Å². The zero-order chi connectivity index (χ0) is 14.9. The summed E-state index contributed by atoms with van der Waals surface area (Å²) in [5.41, 5.74) is 2.48. The Bertz CT molecular complexity index is 596. The summed E-state index contributed by atoms with van der Waals surface area (Å²) in [5.74, 6) is 0.745. The number of benzene rings is 2. The van der Waals surface area contributed by atoms with Crippen molar-refractivity contribution in [2.75, 3.05) is 0 Å². The molecule has 112 valence electrons. The standard InChI is InChI=1S/C20H21NO/c22-20-16-12-7-13-17(20)19(15-10-5-2-6-11-15)21-18(16)14-8-3-1-4-9-14/h1-6,8-11,16-19,21H,7,12-13H2/t16?,17?,18-,19+. The van der Waals surface area contributed by atoms with Crippen molar-refractivity contribution in [3.8, 4) is 0 Å². The molecule has 2 aliphatic rings. The van der Waals surface area contributed by atoms with Gasteiger partial charge in [0, 0.05) is 23.9 Å². The van der Waals surface area contributed by atoms with Crippen molar-refractivity contribution in [2.24, 2.45) is 11.8 Å². The maximum Gasteiger partial charge on any atom is 0.142 e. The van der Waals surface area contributed by atoms with Gasteiger partial charge in [-0.15, -0.1) is 0 Å². The second-order valence-electron chi connectivity index (χ2n) is 6.49. The van der Waals surface area contributed by atoms with Crippen molar-refractivity contribution in [3.05, 3.63) is 71.8 Å². The third kappa shape index (κ3) is 2.28. The van der Waals surface area contributed by atoms with E-state index in [0.29, 0.717) is 5.78 Å². The number of carbonyl (C=O) groups is 1. The Morgan fingerprint density at radius 3 is 1.64 bits per heavy atom. The van der Waals surface area contributed by atoms with Crippen LogP contribution in [0, 0.1) is 11.8 Å². The molecule has 1 N–H and O–H groups in total. The zero-order valence-corrected chi connectivity index (χ0v) is 12.6. The molecule has 0 amide bonds. The first-order valence-corrected chi connectivity index (χ1v) is 8.24. The molecular weight excluding hydrogens is 270 g/mol. The number of hydrogen-bond donors (Lipinski definition) is 1. The molecule has 1 heterocycles. The molecule has 1 saturated heterocycles. The Morgan fingerprint density at radius 1 is 0.727 bits per heavy atom. The van der Waals surface area contributed by atoms with E-state index in [1.165, 1.54) is 11.1 Å². The highest BCUT2D eigenvalue weighted by atomic mass is 16.1. The van der Waals surface area contributed by atoms with Crippen molar-refractivity contribution < 1.29 is 4.79 Å². The average molecular weight is 291 g/mol. The van der Waals surface area contributed by atoms with Crippen LogP contribution >= 0.6 is 0 Å². The van der Waals surface area contributed by atoms with E-state index in [1.807, 2.05) is 12.1 Å². The molecule has 1 aliphatic carbocycles. The lowest BCUT2D eigenvalue weighted by Crippen LogP contribution is -2.50. The van der Waals surface area contributed by atoms with E-state index in [9.17, 15) is 4.79 Å². The highest BCUT2D eigenvalue weighted by Crippen LogP contribution is 2.45. The normalized spacial score (nSPS) is 31.0. The van der Waals surface area contributed by atoms with Crippen LogP contribution in [0.15, 0.2) is 60.7 Å². The number of rotatable bonds is 2. The summed E-state index contributed by atoms with van der Waals surface area (Å²) in [6.07, 6.45) is 3.20. The smallest absolute Gasteiger partial charge is 0.142 e. The van der Waals surface area contributed by atoms with E-state index in [4.69, 9.17) is 0 Å². The molecule has 2 aromatic carbocycles. The van der Waals surface area contributed by atoms with E-state index in [-0.39, 0.29) is 23.9 Å². The molecule has 4 rings (SSSR count). The second-order valence-corrected chi connectivity index (χ2v) is 6.49. The van der Waals surface area contributed by atoms with E-state index >= 15 is 0 Å². The summed E-state index contributed by atoms with van der Waals surface area (Å²) in [6, 6.07) is 21.2. The minimum absolute atomic E-state index is 0.140. The molecule has 0 radical (unpaired) electrons. The first kappa shape index (κ1) is 13.7. The van der Waals surface area contributed by atoms with Gasteiger partial charge in [-0.05, 0) is 24.0 Å². The molecule has 2 aromatic rings. The summed E-state index contributed by atoms with van der Waals surface area (Å²) in [7, 11) is 0. The molecule has 0 spiro atoms. The van der Waals surface area contributed by atoms with Crippen LogP contribution in [0.1, 0.15) is 42.5 Å². The number of Topliss-reactive ketones (excluding diaryl/α,β-unsaturated/α-hetero) is 1. The molecule has 1 aliphatic heterocycles. The minimum atomic E-state index is 0.140. The van der Waals surface area contributed by atoms with E-state index < -0.39 is 0 Å². The van der Waals surface area contributed by atoms with Gasteiger partial charge in [0.15, 0.2) is 0 Å². The lowest BCUT2D eigenvalue weighted by atomic mass is 9.67. The average Bonchev–Trinajstić information content (AvgIpc) is 2.57. The van der Waals surface area contributed by atoms with Crippen molar-refractivity contribution in [2.45, 2.75) is 31.3 Å². The lowest BCUT2D eigenvalue weighted by molar-refractivity contribution is -0.135. The molecule has 4 atom stereocenters. The number of ketones is 1. The largest absolute Gasteiger partial charge is 0.302 e. The zero-order valence-electron chi connectivity index (χ0n) is 12.6. The van der Waals surface area contributed by atoms with Crippen molar-refractivity contribution in [3.63, 3.8) is 0 Å². The summed E-state index contributed by atoms with van der Waals surface area (Å²) in [4.78, 5) is 12.9. The first-order chi connectivity index (χ1) is 10.8. The van der Waals surface area contributed by atoms with Crippen LogP contribution in [0.5, 0.6) is 0 Å².